The smallest absolute Gasteiger partial charge is 0.258 e. The van der Waals surface area contributed by atoms with Crippen molar-refractivity contribution in [2.24, 2.45) is 5.92 Å². The average Bonchev–Trinajstić information content (AvgIpc) is 3.19. The van der Waals surface area contributed by atoms with E-state index >= 15 is 0 Å². The summed E-state index contributed by atoms with van der Waals surface area (Å²) in [6, 6.07) is 6.00. The molecule has 0 spiro atoms. The number of tetrazole rings is 1. The predicted molar refractivity (Wildman–Crippen MR) is 115 cm³/mol. The second-order valence-electron chi connectivity index (χ2n) is 8.57. The topological polar surface area (TPSA) is 90.1 Å². The molecule has 3 aromatic rings. The number of piperidine rings is 1. The van der Waals surface area contributed by atoms with Crippen LogP contribution in [0.4, 0.5) is 0 Å². The van der Waals surface area contributed by atoms with E-state index in [1.165, 1.54) is 4.90 Å². The number of fused-ring (bicyclic) bond motifs is 1. The predicted octanol–water partition coefficient (Wildman–Crippen LogP) is 1.18. The molecule has 0 saturated carbocycles. The summed E-state index contributed by atoms with van der Waals surface area (Å²) in [5.74, 6) is 1.44. The highest BCUT2D eigenvalue weighted by Crippen LogP contribution is 2.24. The summed E-state index contributed by atoms with van der Waals surface area (Å²) in [7, 11) is 1.66. The van der Waals surface area contributed by atoms with E-state index in [0.717, 1.165) is 59.3 Å². The Morgan fingerprint density at radius 3 is 2.73 bits per heavy atom. The van der Waals surface area contributed by atoms with Crippen molar-refractivity contribution in [1.82, 2.24) is 25.2 Å². The fourth-order valence-electron chi connectivity index (χ4n) is 4.52. The van der Waals surface area contributed by atoms with E-state index in [0.29, 0.717) is 19.1 Å². The molecule has 1 aliphatic heterocycles. The number of aromatic nitrogens is 5. The molecule has 30 heavy (non-hydrogen) atoms. The quantitative estimate of drug-likeness (QED) is 0.636. The third-order valence-electron chi connectivity index (χ3n) is 6.43. The van der Waals surface area contributed by atoms with Crippen LogP contribution in [0, 0.1) is 19.8 Å². The van der Waals surface area contributed by atoms with E-state index in [-0.39, 0.29) is 11.6 Å². The van der Waals surface area contributed by atoms with Gasteiger partial charge in [0.05, 0.1) is 37.3 Å². The van der Waals surface area contributed by atoms with Crippen molar-refractivity contribution < 1.29 is 9.64 Å². The molecular weight excluding hydrogens is 380 g/mol. The summed E-state index contributed by atoms with van der Waals surface area (Å²) >= 11 is 0. The normalized spacial score (nSPS) is 20.5. The highest BCUT2D eigenvalue weighted by atomic mass is 16.5. The van der Waals surface area contributed by atoms with Gasteiger partial charge in [-0.2, -0.15) is 0 Å². The van der Waals surface area contributed by atoms with Crippen LogP contribution >= 0.6 is 0 Å². The number of H-pyrrole nitrogens is 1. The zero-order chi connectivity index (χ0) is 21.3. The molecule has 4 rings (SSSR count). The summed E-state index contributed by atoms with van der Waals surface area (Å²) < 4.78 is 7.02. The lowest BCUT2D eigenvalue weighted by Crippen LogP contribution is -3.13. The number of ether oxygens (including phenoxy) is 1. The maximum absolute atomic E-state index is 13.3. The molecule has 8 nitrogen and oxygen atoms in total. The Hall–Kier alpha value is -2.58. The number of nitrogens with one attached hydrogen (secondary N) is 2. The van der Waals surface area contributed by atoms with Crippen LogP contribution in [0.25, 0.3) is 10.9 Å². The van der Waals surface area contributed by atoms with Gasteiger partial charge in [0, 0.05) is 12.5 Å². The highest BCUT2D eigenvalue weighted by molar-refractivity contribution is 5.85. The van der Waals surface area contributed by atoms with Gasteiger partial charge in [0.2, 0.25) is 5.82 Å². The number of aromatic amines is 1. The van der Waals surface area contributed by atoms with Gasteiger partial charge in [-0.15, -0.1) is 5.10 Å². The zero-order valence-electron chi connectivity index (χ0n) is 18.2. The Bertz CT molecular complexity index is 1080. The van der Waals surface area contributed by atoms with Crippen molar-refractivity contribution >= 4 is 10.9 Å². The number of benzene rings is 1. The summed E-state index contributed by atoms with van der Waals surface area (Å²) in [5.41, 5.74) is 3.79. The number of aryl methyl sites for hydroxylation is 2. The van der Waals surface area contributed by atoms with E-state index in [1.807, 2.05) is 13.0 Å². The van der Waals surface area contributed by atoms with Crippen molar-refractivity contribution in [2.75, 3.05) is 26.8 Å². The first-order valence-electron chi connectivity index (χ1n) is 10.7. The van der Waals surface area contributed by atoms with Gasteiger partial charge in [-0.25, -0.2) is 4.68 Å². The second kappa shape index (κ2) is 8.65. The van der Waals surface area contributed by atoms with Gasteiger partial charge in [-0.3, -0.25) is 4.79 Å². The number of pyridine rings is 1. The number of methoxy groups -OCH3 is 1. The molecule has 2 N–H and O–H groups in total. The van der Waals surface area contributed by atoms with Crippen LogP contribution in [0.15, 0.2) is 23.0 Å². The molecule has 0 amide bonds. The Morgan fingerprint density at radius 1 is 1.27 bits per heavy atom. The first-order valence-corrected chi connectivity index (χ1v) is 10.7. The Labute approximate surface area is 176 Å². The van der Waals surface area contributed by atoms with Gasteiger partial charge in [-0.05, 0) is 60.2 Å². The number of hydrogen-bond acceptors (Lipinski definition) is 5. The maximum atomic E-state index is 13.3. The minimum absolute atomic E-state index is 0.0615. The molecule has 160 valence electrons. The molecule has 0 aliphatic carbocycles. The summed E-state index contributed by atoms with van der Waals surface area (Å²) in [4.78, 5) is 17.8. The first kappa shape index (κ1) is 20.7. The molecule has 1 atom stereocenters. The first-order chi connectivity index (χ1) is 14.5. The Morgan fingerprint density at radius 2 is 2.00 bits per heavy atom. The molecule has 2 aromatic heterocycles. The van der Waals surface area contributed by atoms with Crippen molar-refractivity contribution in [3.8, 4) is 0 Å². The molecule has 1 aromatic carbocycles. The van der Waals surface area contributed by atoms with E-state index < -0.39 is 0 Å². The van der Waals surface area contributed by atoms with E-state index in [4.69, 9.17) is 4.74 Å². The van der Waals surface area contributed by atoms with Gasteiger partial charge >= 0.3 is 0 Å². The van der Waals surface area contributed by atoms with E-state index in [9.17, 15) is 4.79 Å². The van der Waals surface area contributed by atoms with Gasteiger partial charge in [0.15, 0.2) is 6.04 Å². The molecular formula is C22H31N6O2+. The standard InChI is InChI=1S/C22H30N6O2/c1-14-7-9-27(10-8-14)20(21-24-25-26-28(21)11-12-30-4)18-13-17-15(2)5-6-16(3)19(17)23-22(18)29/h5-6,13-14,20H,7-12H2,1-4H3,(H,23,29)/p+1/t20-/m0/s1. The van der Waals surface area contributed by atoms with Crippen molar-refractivity contribution in [3.05, 3.63) is 51.1 Å². The molecule has 8 heteroatoms. The summed E-state index contributed by atoms with van der Waals surface area (Å²) in [6.07, 6.45) is 2.27. The Balaban J connectivity index is 1.86. The van der Waals surface area contributed by atoms with Crippen molar-refractivity contribution in [2.45, 2.75) is 46.2 Å². The fraction of sp³-hybridized carbons (Fsp3) is 0.545. The second-order valence-corrected chi connectivity index (χ2v) is 8.57. The number of likely N-dealkylation sites (tertiary alicyclic amines) is 1. The van der Waals surface area contributed by atoms with Crippen LogP contribution in [0.2, 0.25) is 0 Å². The molecule has 0 radical (unpaired) electrons. The van der Waals surface area contributed by atoms with Gasteiger partial charge < -0.3 is 14.6 Å². The average molecular weight is 412 g/mol. The van der Waals surface area contributed by atoms with Gasteiger partial charge in [-0.1, -0.05) is 19.1 Å². The number of quaternary nitrogens is 1. The van der Waals surface area contributed by atoms with Crippen molar-refractivity contribution in [3.63, 3.8) is 0 Å². The number of hydrogen-bond donors (Lipinski definition) is 2. The van der Waals surface area contributed by atoms with Crippen LogP contribution in [0.1, 0.15) is 48.3 Å². The number of nitrogens with zero attached hydrogens (tertiary/aromatic N) is 4. The van der Waals surface area contributed by atoms with Crippen molar-refractivity contribution in [1.29, 1.82) is 0 Å². The third kappa shape index (κ3) is 3.89. The van der Waals surface area contributed by atoms with E-state index in [1.54, 1.807) is 11.8 Å². The fourth-order valence-corrected chi connectivity index (χ4v) is 4.52. The Kier molecular flexibility index (Phi) is 5.97. The van der Waals surface area contributed by atoms with Crippen LogP contribution < -0.4 is 10.5 Å². The minimum atomic E-state index is -0.211. The van der Waals surface area contributed by atoms with Crippen LogP contribution in [0.3, 0.4) is 0 Å². The zero-order valence-corrected chi connectivity index (χ0v) is 18.2. The molecule has 1 aliphatic rings. The summed E-state index contributed by atoms with van der Waals surface area (Å²) in [5, 5.41) is 13.6. The lowest BCUT2D eigenvalue weighted by molar-refractivity contribution is -0.932. The van der Waals surface area contributed by atoms with Gasteiger partial charge in [0.25, 0.3) is 5.56 Å². The minimum Gasteiger partial charge on any atom is -0.383 e. The molecule has 1 fully saturated rings. The van der Waals surface area contributed by atoms with Crippen LogP contribution in [0.5, 0.6) is 0 Å². The SMILES string of the molecule is COCCn1nnnc1[C@H](c1cc2c(C)ccc(C)c2[nH]c1=O)[NH+]1CCC(C)CC1. The number of rotatable bonds is 6. The van der Waals surface area contributed by atoms with E-state index in [2.05, 4.69) is 46.5 Å². The molecule has 0 unspecified atom stereocenters. The maximum Gasteiger partial charge on any atom is 0.258 e. The largest absolute Gasteiger partial charge is 0.383 e. The van der Waals surface area contributed by atoms with Crippen LogP contribution in [-0.4, -0.2) is 52.0 Å². The molecule has 3 heterocycles. The third-order valence-corrected chi connectivity index (χ3v) is 6.43. The highest BCUT2D eigenvalue weighted by Gasteiger charge is 2.36. The molecule has 0 bridgehead atoms. The van der Waals surface area contributed by atoms with Crippen LogP contribution in [-0.2, 0) is 11.3 Å². The lowest BCUT2D eigenvalue weighted by atomic mass is 9.94. The molecule has 1 saturated heterocycles. The monoisotopic (exact) mass is 411 g/mol. The summed E-state index contributed by atoms with van der Waals surface area (Å²) in [6.45, 7) is 9.46. The lowest BCUT2D eigenvalue weighted by Gasteiger charge is -2.33. The van der Waals surface area contributed by atoms with Gasteiger partial charge in [0.1, 0.15) is 0 Å².